The minimum absolute atomic E-state index is 0.497. The van der Waals surface area contributed by atoms with Gasteiger partial charge in [-0.15, -0.1) is 0 Å². The van der Waals surface area contributed by atoms with Gasteiger partial charge in [0.15, 0.2) is 0 Å². The number of anilines is 1. The highest BCUT2D eigenvalue weighted by Gasteiger charge is 2.08. The van der Waals surface area contributed by atoms with Gasteiger partial charge < -0.3 is 10.5 Å². The molecule has 0 aliphatic heterocycles. The third-order valence-corrected chi connectivity index (χ3v) is 2.89. The molecule has 0 bridgehead atoms. The van der Waals surface area contributed by atoms with Gasteiger partial charge in [-0.05, 0) is 17.7 Å². The average molecular weight is 268 g/mol. The Morgan fingerprint density at radius 3 is 2.83 bits per heavy atom. The molecule has 0 aliphatic rings. The first-order valence-electron chi connectivity index (χ1n) is 5.79. The molecule has 4 nitrogen and oxygen atoms in total. The Balaban J connectivity index is 2.66. The number of hydrogen-bond acceptors (Lipinski definition) is 4. The van der Waals surface area contributed by atoms with Crippen molar-refractivity contribution in [2.75, 3.05) is 32.5 Å². The standard InChI is InChI=1S/C13H18ClN3O/c1-18-8-7-17(6-2-5-15)10-11-3-4-12(14)9-13(11)16/h3-4,9H,2,6-8,10,16H2,1H3. The lowest BCUT2D eigenvalue weighted by Crippen LogP contribution is -2.28. The van der Waals surface area contributed by atoms with Crippen molar-refractivity contribution in [3.05, 3.63) is 28.8 Å². The van der Waals surface area contributed by atoms with Crippen LogP contribution in [0.1, 0.15) is 12.0 Å². The lowest BCUT2D eigenvalue weighted by Gasteiger charge is -2.21. The van der Waals surface area contributed by atoms with Crippen LogP contribution in [0.4, 0.5) is 5.69 Å². The lowest BCUT2D eigenvalue weighted by molar-refractivity contribution is 0.145. The highest BCUT2D eigenvalue weighted by atomic mass is 35.5. The van der Waals surface area contributed by atoms with Crippen LogP contribution in [0.5, 0.6) is 0 Å². The van der Waals surface area contributed by atoms with E-state index in [0.717, 1.165) is 12.1 Å². The summed E-state index contributed by atoms with van der Waals surface area (Å²) in [6.07, 6.45) is 0.497. The van der Waals surface area contributed by atoms with Crippen molar-refractivity contribution < 1.29 is 4.74 Å². The Hall–Kier alpha value is -1.28. The number of benzene rings is 1. The van der Waals surface area contributed by atoms with Gasteiger partial charge in [-0.25, -0.2) is 0 Å². The molecular weight excluding hydrogens is 250 g/mol. The topological polar surface area (TPSA) is 62.3 Å². The van der Waals surface area contributed by atoms with Gasteiger partial charge in [0, 0.05) is 43.9 Å². The summed E-state index contributed by atoms with van der Waals surface area (Å²) in [5.74, 6) is 0. The summed E-state index contributed by atoms with van der Waals surface area (Å²) >= 11 is 5.86. The molecule has 18 heavy (non-hydrogen) atoms. The molecule has 0 fully saturated rings. The summed E-state index contributed by atoms with van der Waals surface area (Å²) in [4.78, 5) is 2.15. The van der Waals surface area contributed by atoms with Gasteiger partial charge in [0.25, 0.3) is 0 Å². The zero-order valence-electron chi connectivity index (χ0n) is 10.5. The molecule has 1 aromatic carbocycles. The normalized spacial score (nSPS) is 10.6. The maximum atomic E-state index is 8.65. The highest BCUT2D eigenvalue weighted by Crippen LogP contribution is 2.19. The van der Waals surface area contributed by atoms with Gasteiger partial charge in [-0.2, -0.15) is 5.26 Å². The van der Waals surface area contributed by atoms with Crippen molar-refractivity contribution in [1.82, 2.24) is 4.90 Å². The van der Waals surface area contributed by atoms with Gasteiger partial charge in [-0.1, -0.05) is 17.7 Å². The van der Waals surface area contributed by atoms with Gasteiger partial charge >= 0.3 is 0 Å². The molecule has 0 unspecified atom stereocenters. The number of nitrogen functional groups attached to an aromatic ring is 1. The summed E-state index contributed by atoms with van der Waals surface area (Å²) in [6, 6.07) is 7.64. The Kier molecular flexibility index (Phi) is 6.51. The molecule has 0 radical (unpaired) electrons. The van der Waals surface area contributed by atoms with Crippen molar-refractivity contribution in [3.63, 3.8) is 0 Å². The fraction of sp³-hybridized carbons (Fsp3) is 0.462. The van der Waals surface area contributed by atoms with Crippen LogP contribution in [0.2, 0.25) is 5.02 Å². The van der Waals surface area contributed by atoms with Crippen LogP contribution >= 0.6 is 11.6 Å². The molecule has 1 aromatic rings. The Morgan fingerprint density at radius 2 is 2.22 bits per heavy atom. The van der Waals surface area contributed by atoms with Crippen molar-refractivity contribution in [2.45, 2.75) is 13.0 Å². The van der Waals surface area contributed by atoms with Crippen molar-refractivity contribution >= 4 is 17.3 Å². The molecule has 0 aliphatic carbocycles. The van der Waals surface area contributed by atoms with E-state index >= 15 is 0 Å². The molecule has 0 aromatic heterocycles. The maximum absolute atomic E-state index is 8.65. The van der Waals surface area contributed by atoms with Crippen LogP contribution in [0.25, 0.3) is 0 Å². The molecule has 0 heterocycles. The predicted molar refractivity (Wildman–Crippen MR) is 73.2 cm³/mol. The van der Waals surface area contributed by atoms with Crippen LogP contribution in [-0.2, 0) is 11.3 Å². The van der Waals surface area contributed by atoms with Crippen molar-refractivity contribution in [1.29, 1.82) is 5.26 Å². The lowest BCUT2D eigenvalue weighted by atomic mass is 10.1. The number of nitrogens with two attached hydrogens (primary N) is 1. The second-order valence-corrected chi connectivity index (χ2v) is 4.46. The number of nitrogens with zero attached hydrogens (tertiary/aromatic N) is 2. The predicted octanol–water partition coefficient (Wildman–Crippen LogP) is 2.28. The molecular formula is C13H18ClN3O. The van der Waals surface area contributed by atoms with E-state index < -0.39 is 0 Å². The molecule has 98 valence electrons. The smallest absolute Gasteiger partial charge is 0.0635 e. The second kappa shape index (κ2) is 7.93. The Labute approximate surface area is 113 Å². The third kappa shape index (κ3) is 4.92. The van der Waals surface area contributed by atoms with E-state index in [4.69, 9.17) is 27.3 Å². The molecule has 0 saturated carbocycles. The Morgan fingerprint density at radius 1 is 1.44 bits per heavy atom. The van der Waals surface area contributed by atoms with E-state index in [1.165, 1.54) is 0 Å². The summed E-state index contributed by atoms with van der Waals surface area (Å²) in [5, 5.41) is 9.28. The number of halogens is 1. The fourth-order valence-corrected chi connectivity index (χ4v) is 1.83. The quantitative estimate of drug-likeness (QED) is 0.770. The molecule has 2 N–H and O–H groups in total. The van der Waals surface area contributed by atoms with Gasteiger partial charge in [-0.3, -0.25) is 4.90 Å². The van der Waals surface area contributed by atoms with Crippen LogP contribution in [0.15, 0.2) is 18.2 Å². The first-order chi connectivity index (χ1) is 8.67. The second-order valence-electron chi connectivity index (χ2n) is 4.02. The summed E-state index contributed by atoms with van der Waals surface area (Å²) < 4.78 is 5.06. The number of rotatable bonds is 7. The van der Waals surface area contributed by atoms with E-state index in [-0.39, 0.29) is 0 Å². The number of nitriles is 1. The van der Waals surface area contributed by atoms with E-state index in [0.29, 0.717) is 36.8 Å². The number of ether oxygens (including phenoxy) is 1. The van der Waals surface area contributed by atoms with Crippen LogP contribution < -0.4 is 5.73 Å². The number of hydrogen-bond donors (Lipinski definition) is 1. The van der Waals surface area contributed by atoms with Gasteiger partial charge in [0.1, 0.15) is 0 Å². The minimum atomic E-state index is 0.497. The SMILES string of the molecule is COCCN(CCC#N)Cc1ccc(Cl)cc1N. The summed E-state index contributed by atoms with van der Waals surface area (Å²) in [5.41, 5.74) is 7.62. The van der Waals surface area contributed by atoms with Crippen molar-refractivity contribution in [3.8, 4) is 6.07 Å². The molecule has 1 rings (SSSR count). The summed E-state index contributed by atoms with van der Waals surface area (Å²) in [6.45, 7) is 2.83. The molecule has 0 atom stereocenters. The molecule has 0 amide bonds. The highest BCUT2D eigenvalue weighted by molar-refractivity contribution is 6.30. The zero-order valence-corrected chi connectivity index (χ0v) is 11.3. The zero-order chi connectivity index (χ0) is 13.4. The molecule has 0 spiro atoms. The minimum Gasteiger partial charge on any atom is -0.398 e. The fourth-order valence-electron chi connectivity index (χ4n) is 1.65. The number of methoxy groups -OCH3 is 1. The average Bonchev–Trinajstić information content (AvgIpc) is 2.35. The summed E-state index contributed by atoms with van der Waals surface area (Å²) in [7, 11) is 1.67. The molecule has 5 heteroatoms. The van der Waals surface area contributed by atoms with Crippen LogP contribution in [0.3, 0.4) is 0 Å². The first kappa shape index (κ1) is 14.8. The van der Waals surface area contributed by atoms with E-state index in [1.807, 2.05) is 12.1 Å². The van der Waals surface area contributed by atoms with E-state index in [2.05, 4.69) is 11.0 Å². The third-order valence-electron chi connectivity index (χ3n) is 2.65. The largest absolute Gasteiger partial charge is 0.398 e. The van der Waals surface area contributed by atoms with Crippen LogP contribution in [0, 0.1) is 11.3 Å². The maximum Gasteiger partial charge on any atom is 0.0635 e. The van der Waals surface area contributed by atoms with E-state index in [9.17, 15) is 0 Å². The van der Waals surface area contributed by atoms with Crippen LogP contribution in [-0.4, -0.2) is 31.7 Å². The van der Waals surface area contributed by atoms with Gasteiger partial charge in [0.05, 0.1) is 12.7 Å². The van der Waals surface area contributed by atoms with Crippen molar-refractivity contribution in [2.24, 2.45) is 0 Å². The Bertz CT molecular complexity index is 417. The van der Waals surface area contributed by atoms with Gasteiger partial charge in [0.2, 0.25) is 0 Å². The monoisotopic (exact) mass is 267 g/mol. The first-order valence-corrected chi connectivity index (χ1v) is 6.17. The molecule has 0 saturated heterocycles. The van der Waals surface area contributed by atoms with E-state index in [1.54, 1.807) is 13.2 Å².